The van der Waals surface area contributed by atoms with Crippen LogP contribution in [0.5, 0.6) is 0 Å². The number of rotatable bonds is 3. The van der Waals surface area contributed by atoms with Gasteiger partial charge in [-0.05, 0) is 18.6 Å². The summed E-state index contributed by atoms with van der Waals surface area (Å²) in [4.78, 5) is 1.89. The molecule has 0 aromatic heterocycles. The highest BCUT2D eigenvalue weighted by Crippen LogP contribution is 2.32. The number of ether oxygens (including phenoxy) is 1. The molecule has 1 aromatic rings. The minimum atomic E-state index is -4.34. The molecule has 112 valence electrons. The average Bonchev–Trinajstić information content (AvgIpc) is 2.37. The van der Waals surface area contributed by atoms with E-state index in [4.69, 9.17) is 9.84 Å². The first-order valence-electron chi connectivity index (χ1n) is 6.54. The molecule has 1 aromatic carbocycles. The molecule has 3 nitrogen and oxygen atoms in total. The number of benzene rings is 1. The third kappa shape index (κ3) is 3.71. The van der Waals surface area contributed by atoms with Crippen LogP contribution in [0.4, 0.5) is 13.2 Å². The van der Waals surface area contributed by atoms with Crippen LogP contribution in [-0.4, -0.2) is 41.9 Å². The lowest BCUT2D eigenvalue weighted by Crippen LogP contribution is -2.47. The molecule has 1 aliphatic rings. The Morgan fingerprint density at radius 3 is 2.65 bits per heavy atom. The van der Waals surface area contributed by atoms with Gasteiger partial charge in [0.1, 0.15) is 0 Å². The molecular weight excluding hydrogens is 271 g/mol. The van der Waals surface area contributed by atoms with Crippen molar-refractivity contribution in [2.75, 3.05) is 19.7 Å². The van der Waals surface area contributed by atoms with E-state index in [9.17, 15) is 13.2 Å². The Morgan fingerprint density at radius 2 is 2.00 bits per heavy atom. The third-order valence-electron chi connectivity index (χ3n) is 3.32. The zero-order valence-corrected chi connectivity index (χ0v) is 11.2. The van der Waals surface area contributed by atoms with E-state index >= 15 is 0 Å². The summed E-state index contributed by atoms with van der Waals surface area (Å²) in [5.41, 5.74) is -0.342. The summed E-state index contributed by atoms with van der Waals surface area (Å²) in [6.07, 6.45) is -4.78. The van der Waals surface area contributed by atoms with Crippen molar-refractivity contribution < 1.29 is 23.0 Å². The van der Waals surface area contributed by atoms with Gasteiger partial charge in [-0.25, -0.2) is 0 Å². The maximum atomic E-state index is 12.9. The monoisotopic (exact) mass is 289 g/mol. The van der Waals surface area contributed by atoms with Crippen molar-refractivity contribution in [3.05, 3.63) is 35.4 Å². The highest BCUT2D eigenvalue weighted by molar-refractivity contribution is 5.29. The molecule has 6 heteroatoms. The van der Waals surface area contributed by atoms with E-state index in [0.717, 1.165) is 6.07 Å². The van der Waals surface area contributed by atoms with Gasteiger partial charge < -0.3 is 9.84 Å². The molecule has 0 radical (unpaired) electrons. The van der Waals surface area contributed by atoms with Crippen LogP contribution in [0.1, 0.15) is 18.1 Å². The van der Waals surface area contributed by atoms with Crippen LogP contribution in [0.3, 0.4) is 0 Å². The predicted octanol–water partition coefficient (Wildman–Crippen LogP) is 2.29. The largest absolute Gasteiger partial charge is 0.416 e. The second-order valence-electron chi connectivity index (χ2n) is 5.10. The van der Waals surface area contributed by atoms with Crippen molar-refractivity contribution in [1.29, 1.82) is 0 Å². The molecule has 1 N–H and O–H groups in total. The minimum Gasteiger partial charge on any atom is -0.394 e. The lowest BCUT2D eigenvalue weighted by Gasteiger charge is -2.36. The van der Waals surface area contributed by atoms with Crippen LogP contribution in [0.25, 0.3) is 0 Å². The van der Waals surface area contributed by atoms with Gasteiger partial charge in [-0.15, -0.1) is 0 Å². The van der Waals surface area contributed by atoms with Crippen molar-refractivity contribution in [1.82, 2.24) is 4.90 Å². The number of aliphatic hydroxyl groups is 1. The van der Waals surface area contributed by atoms with Crippen LogP contribution >= 0.6 is 0 Å². The lowest BCUT2D eigenvalue weighted by atomic mass is 10.1. The average molecular weight is 289 g/mol. The van der Waals surface area contributed by atoms with Crippen LogP contribution < -0.4 is 0 Å². The smallest absolute Gasteiger partial charge is 0.394 e. The highest BCUT2D eigenvalue weighted by Gasteiger charge is 2.34. The Labute approximate surface area is 116 Å². The molecule has 0 saturated carbocycles. The lowest BCUT2D eigenvalue weighted by molar-refractivity contribution is -0.139. The zero-order valence-electron chi connectivity index (χ0n) is 11.2. The van der Waals surface area contributed by atoms with Crippen molar-refractivity contribution >= 4 is 0 Å². The minimum absolute atomic E-state index is 0.0982. The number of hydrogen-bond acceptors (Lipinski definition) is 3. The molecule has 2 unspecified atom stereocenters. The molecule has 0 aliphatic carbocycles. The predicted molar refractivity (Wildman–Crippen MR) is 68.1 cm³/mol. The Morgan fingerprint density at radius 1 is 1.30 bits per heavy atom. The molecule has 1 heterocycles. The van der Waals surface area contributed by atoms with Gasteiger partial charge in [-0.1, -0.05) is 18.2 Å². The Kier molecular flexibility index (Phi) is 4.67. The Balaban J connectivity index is 2.14. The topological polar surface area (TPSA) is 32.7 Å². The summed E-state index contributed by atoms with van der Waals surface area (Å²) >= 11 is 0. The van der Waals surface area contributed by atoms with E-state index in [1.165, 1.54) is 12.1 Å². The van der Waals surface area contributed by atoms with E-state index < -0.39 is 11.7 Å². The quantitative estimate of drug-likeness (QED) is 0.926. The first kappa shape index (κ1) is 15.3. The van der Waals surface area contributed by atoms with Crippen LogP contribution in [0.2, 0.25) is 0 Å². The van der Waals surface area contributed by atoms with E-state index in [1.807, 2.05) is 11.8 Å². The van der Waals surface area contributed by atoms with E-state index in [0.29, 0.717) is 13.1 Å². The highest BCUT2D eigenvalue weighted by atomic mass is 19.4. The molecule has 1 fully saturated rings. The van der Waals surface area contributed by atoms with Crippen LogP contribution in [0.15, 0.2) is 24.3 Å². The molecule has 0 amide bonds. The summed E-state index contributed by atoms with van der Waals surface area (Å²) < 4.78 is 44.3. The van der Waals surface area contributed by atoms with E-state index in [1.54, 1.807) is 6.07 Å². The van der Waals surface area contributed by atoms with Gasteiger partial charge in [0.05, 0.1) is 24.4 Å². The summed E-state index contributed by atoms with van der Waals surface area (Å²) in [6.45, 7) is 2.93. The first-order valence-corrected chi connectivity index (χ1v) is 6.54. The second kappa shape index (κ2) is 6.11. The van der Waals surface area contributed by atoms with Gasteiger partial charge >= 0.3 is 6.18 Å². The number of nitrogens with zero attached hydrogens (tertiary/aromatic N) is 1. The van der Waals surface area contributed by atoms with E-state index in [-0.39, 0.29) is 30.9 Å². The maximum Gasteiger partial charge on any atom is 0.416 e. The van der Waals surface area contributed by atoms with Gasteiger partial charge in [0.15, 0.2) is 0 Å². The van der Waals surface area contributed by atoms with E-state index in [2.05, 4.69) is 0 Å². The summed E-state index contributed by atoms with van der Waals surface area (Å²) in [6, 6.07) is 5.60. The van der Waals surface area contributed by atoms with Gasteiger partial charge in [-0.3, -0.25) is 4.90 Å². The molecule has 1 saturated heterocycles. The molecule has 0 spiro atoms. The maximum absolute atomic E-state index is 12.9. The SMILES string of the molecule is CC1CN(Cc2ccccc2C(F)(F)F)CC(CO)O1. The molecule has 0 bridgehead atoms. The van der Waals surface area contributed by atoms with Crippen LogP contribution in [-0.2, 0) is 17.5 Å². The molecule has 20 heavy (non-hydrogen) atoms. The van der Waals surface area contributed by atoms with Gasteiger partial charge in [-0.2, -0.15) is 13.2 Å². The molecular formula is C14H18F3NO2. The molecule has 1 aliphatic heterocycles. The molecule has 2 rings (SSSR count). The fraction of sp³-hybridized carbons (Fsp3) is 0.571. The number of hydrogen-bond donors (Lipinski definition) is 1. The van der Waals surface area contributed by atoms with Gasteiger partial charge in [0, 0.05) is 19.6 Å². The Hall–Kier alpha value is -1.11. The normalized spacial score (nSPS) is 24.9. The first-order chi connectivity index (χ1) is 9.40. The number of aliphatic hydroxyl groups excluding tert-OH is 1. The van der Waals surface area contributed by atoms with Crippen molar-refractivity contribution in [2.24, 2.45) is 0 Å². The van der Waals surface area contributed by atoms with Crippen molar-refractivity contribution in [2.45, 2.75) is 31.9 Å². The molecule has 2 atom stereocenters. The van der Waals surface area contributed by atoms with Crippen LogP contribution in [0, 0.1) is 0 Å². The standard InChI is InChI=1S/C14H18F3NO2/c1-10-6-18(8-12(9-19)20-10)7-11-4-2-3-5-13(11)14(15,16)17/h2-5,10,12,19H,6-9H2,1H3. The number of morpholine rings is 1. The third-order valence-corrected chi connectivity index (χ3v) is 3.32. The second-order valence-corrected chi connectivity index (χ2v) is 5.10. The van der Waals surface area contributed by atoms with Gasteiger partial charge in [0.25, 0.3) is 0 Å². The van der Waals surface area contributed by atoms with Crippen molar-refractivity contribution in [3.8, 4) is 0 Å². The summed E-state index contributed by atoms with van der Waals surface area (Å²) in [5, 5.41) is 9.14. The fourth-order valence-corrected chi connectivity index (χ4v) is 2.55. The Bertz CT molecular complexity index is 450. The summed E-state index contributed by atoms with van der Waals surface area (Å²) in [5.74, 6) is 0. The number of alkyl halides is 3. The fourth-order valence-electron chi connectivity index (χ4n) is 2.55. The van der Waals surface area contributed by atoms with Gasteiger partial charge in [0.2, 0.25) is 0 Å². The zero-order chi connectivity index (χ0) is 14.8. The van der Waals surface area contributed by atoms with Crippen molar-refractivity contribution in [3.63, 3.8) is 0 Å². The summed E-state index contributed by atoms with van der Waals surface area (Å²) in [7, 11) is 0. The number of halogens is 3.